The van der Waals surface area contributed by atoms with Gasteiger partial charge in [-0.05, 0) is 17.5 Å². The number of rotatable bonds is 5. The largest absolute Gasteiger partial charge is 0.365 e. The van der Waals surface area contributed by atoms with E-state index in [4.69, 9.17) is 4.74 Å². The number of benzene rings is 2. The zero-order valence-corrected chi connectivity index (χ0v) is 11.2. The van der Waals surface area contributed by atoms with E-state index >= 15 is 0 Å². The standard InChI is InChI=1S/C17H17NO2/c19-17-16(15(18-17)14-9-5-2-6-10-14)20-12-11-13-7-3-1-4-8-13/h1-10,15-16H,11-12H2,(H,18,19). The van der Waals surface area contributed by atoms with Gasteiger partial charge in [0.15, 0.2) is 6.10 Å². The lowest BCUT2D eigenvalue weighted by Crippen LogP contribution is -2.57. The fraction of sp³-hybridized carbons (Fsp3) is 0.235. The molecule has 0 aromatic heterocycles. The molecule has 0 aliphatic carbocycles. The van der Waals surface area contributed by atoms with Crippen LogP contribution >= 0.6 is 0 Å². The summed E-state index contributed by atoms with van der Waals surface area (Å²) in [5, 5.41) is 2.89. The first-order chi connectivity index (χ1) is 9.84. The van der Waals surface area contributed by atoms with E-state index in [9.17, 15) is 4.79 Å². The number of hydrogen-bond acceptors (Lipinski definition) is 2. The molecule has 1 fully saturated rings. The number of carbonyl (C=O) groups excluding carboxylic acids is 1. The normalized spacial score (nSPS) is 21.1. The number of carbonyl (C=O) groups is 1. The van der Waals surface area contributed by atoms with Crippen molar-refractivity contribution >= 4 is 5.91 Å². The first-order valence-corrected chi connectivity index (χ1v) is 6.85. The minimum absolute atomic E-state index is 0.0144. The molecule has 3 rings (SSSR count). The molecular weight excluding hydrogens is 250 g/mol. The lowest BCUT2D eigenvalue weighted by molar-refractivity contribution is -0.148. The lowest BCUT2D eigenvalue weighted by Gasteiger charge is -2.36. The van der Waals surface area contributed by atoms with Gasteiger partial charge in [0, 0.05) is 0 Å². The van der Waals surface area contributed by atoms with E-state index in [-0.39, 0.29) is 18.1 Å². The number of amides is 1. The van der Waals surface area contributed by atoms with Gasteiger partial charge in [0.2, 0.25) is 0 Å². The lowest BCUT2D eigenvalue weighted by atomic mass is 9.94. The zero-order valence-electron chi connectivity index (χ0n) is 11.2. The third kappa shape index (κ3) is 2.73. The summed E-state index contributed by atoms with van der Waals surface area (Å²) in [4.78, 5) is 11.6. The van der Waals surface area contributed by atoms with Crippen molar-refractivity contribution in [2.75, 3.05) is 6.61 Å². The van der Waals surface area contributed by atoms with Crippen LogP contribution in [0.25, 0.3) is 0 Å². The van der Waals surface area contributed by atoms with Gasteiger partial charge in [-0.3, -0.25) is 4.79 Å². The van der Waals surface area contributed by atoms with Gasteiger partial charge in [0.05, 0.1) is 12.6 Å². The Morgan fingerprint density at radius 3 is 2.25 bits per heavy atom. The Kier molecular flexibility index (Phi) is 3.79. The highest BCUT2D eigenvalue weighted by atomic mass is 16.5. The van der Waals surface area contributed by atoms with Crippen LogP contribution in [0.2, 0.25) is 0 Å². The van der Waals surface area contributed by atoms with E-state index in [0.717, 1.165) is 12.0 Å². The van der Waals surface area contributed by atoms with E-state index in [2.05, 4.69) is 17.4 Å². The SMILES string of the molecule is O=C1NC(c2ccccc2)C1OCCc1ccccc1. The van der Waals surface area contributed by atoms with Gasteiger partial charge in [-0.2, -0.15) is 0 Å². The monoisotopic (exact) mass is 267 g/mol. The molecule has 2 aromatic rings. The average molecular weight is 267 g/mol. The predicted octanol–water partition coefficient (Wildman–Crippen LogP) is 2.49. The van der Waals surface area contributed by atoms with Crippen molar-refractivity contribution in [3.05, 3.63) is 71.8 Å². The summed E-state index contributed by atoms with van der Waals surface area (Å²) in [6.07, 6.45) is 0.465. The second-order valence-electron chi connectivity index (χ2n) is 4.92. The molecule has 102 valence electrons. The number of nitrogens with one attached hydrogen (secondary N) is 1. The second-order valence-corrected chi connectivity index (χ2v) is 4.92. The summed E-state index contributed by atoms with van der Waals surface area (Å²) in [7, 11) is 0. The van der Waals surface area contributed by atoms with Crippen molar-refractivity contribution in [1.82, 2.24) is 5.32 Å². The van der Waals surface area contributed by atoms with Gasteiger partial charge in [0.25, 0.3) is 5.91 Å². The fourth-order valence-corrected chi connectivity index (χ4v) is 2.41. The third-order valence-electron chi connectivity index (χ3n) is 3.55. The summed E-state index contributed by atoms with van der Waals surface area (Å²) in [6, 6.07) is 20.1. The molecule has 2 aromatic carbocycles. The topological polar surface area (TPSA) is 38.3 Å². The van der Waals surface area contributed by atoms with E-state index in [1.807, 2.05) is 48.5 Å². The van der Waals surface area contributed by atoms with Gasteiger partial charge in [0.1, 0.15) is 0 Å². The molecule has 2 atom stereocenters. The van der Waals surface area contributed by atoms with E-state index in [0.29, 0.717) is 6.61 Å². The fourth-order valence-electron chi connectivity index (χ4n) is 2.41. The first-order valence-electron chi connectivity index (χ1n) is 6.85. The smallest absolute Gasteiger partial charge is 0.252 e. The quantitative estimate of drug-likeness (QED) is 0.845. The maximum atomic E-state index is 11.6. The minimum Gasteiger partial charge on any atom is -0.365 e. The molecule has 0 saturated carbocycles. The van der Waals surface area contributed by atoms with Crippen LogP contribution in [0.15, 0.2) is 60.7 Å². The van der Waals surface area contributed by atoms with Crippen LogP contribution in [-0.4, -0.2) is 18.6 Å². The Labute approximate surface area is 118 Å². The van der Waals surface area contributed by atoms with Crippen molar-refractivity contribution in [2.45, 2.75) is 18.6 Å². The minimum atomic E-state index is -0.360. The van der Waals surface area contributed by atoms with E-state index in [1.54, 1.807) is 0 Å². The Morgan fingerprint density at radius 2 is 1.60 bits per heavy atom. The summed E-state index contributed by atoms with van der Waals surface area (Å²) < 4.78 is 5.75. The molecule has 0 radical (unpaired) electrons. The third-order valence-corrected chi connectivity index (χ3v) is 3.55. The zero-order chi connectivity index (χ0) is 13.8. The maximum Gasteiger partial charge on any atom is 0.252 e. The van der Waals surface area contributed by atoms with E-state index in [1.165, 1.54) is 5.56 Å². The molecular formula is C17H17NO2. The van der Waals surface area contributed by atoms with Crippen LogP contribution in [0, 0.1) is 0 Å². The van der Waals surface area contributed by atoms with Crippen LogP contribution in [-0.2, 0) is 16.0 Å². The highest BCUT2D eigenvalue weighted by Crippen LogP contribution is 2.27. The van der Waals surface area contributed by atoms with Gasteiger partial charge in [-0.25, -0.2) is 0 Å². The Balaban J connectivity index is 1.55. The first kappa shape index (κ1) is 12.9. The molecule has 20 heavy (non-hydrogen) atoms. The summed E-state index contributed by atoms with van der Waals surface area (Å²) in [5.74, 6) is -0.0214. The van der Waals surface area contributed by atoms with Crippen LogP contribution in [0.5, 0.6) is 0 Å². The van der Waals surface area contributed by atoms with Gasteiger partial charge >= 0.3 is 0 Å². The van der Waals surface area contributed by atoms with Gasteiger partial charge < -0.3 is 10.1 Å². The predicted molar refractivity (Wildman–Crippen MR) is 77.2 cm³/mol. The molecule has 1 aliphatic rings. The Morgan fingerprint density at radius 1 is 0.950 bits per heavy atom. The molecule has 1 saturated heterocycles. The molecule has 1 aliphatic heterocycles. The molecule has 3 heteroatoms. The van der Waals surface area contributed by atoms with Crippen molar-refractivity contribution in [2.24, 2.45) is 0 Å². The molecule has 0 bridgehead atoms. The molecule has 1 N–H and O–H groups in total. The van der Waals surface area contributed by atoms with Crippen molar-refractivity contribution in [3.8, 4) is 0 Å². The molecule has 2 unspecified atom stereocenters. The summed E-state index contributed by atoms with van der Waals surface area (Å²) in [5.41, 5.74) is 2.32. The average Bonchev–Trinajstić information content (AvgIpc) is 2.51. The molecule has 1 amide bonds. The number of ether oxygens (including phenoxy) is 1. The Hall–Kier alpha value is -2.13. The van der Waals surface area contributed by atoms with Crippen molar-refractivity contribution in [1.29, 1.82) is 0 Å². The Bertz CT molecular complexity index is 568. The van der Waals surface area contributed by atoms with Crippen LogP contribution < -0.4 is 5.32 Å². The highest BCUT2D eigenvalue weighted by molar-refractivity contribution is 5.88. The van der Waals surface area contributed by atoms with Crippen LogP contribution in [0.1, 0.15) is 17.2 Å². The van der Waals surface area contributed by atoms with Crippen LogP contribution in [0.4, 0.5) is 0 Å². The van der Waals surface area contributed by atoms with Crippen molar-refractivity contribution < 1.29 is 9.53 Å². The second kappa shape index (κ2) is 5.88. The van der Waals surface area contributed by atoms with Crippen LogP contribution in [0.3, 0.4) is 0 Å². The highest BCUT2D eigenvalue weighted by Gasteiger charge is 2.40. The van der Waals surface area contributed by atoms with Crippen molar-refractivity contribution in [3.63, 3.8) is 0 Å². The number of hydrogen-bond donors (Lipinski definition) is 1. The maximum absolute atomic E-state index is 11.6. The molecule has 1 heterocycles. The summed E-state index contributed by atoms with van der Waals surface area (Å²) in [6.45, 7) is 0.561. The van der Waals surface area contributed by atoms with Gasteiger partial charge in [-0.1, -0.05) is 60.7 Å². The van der Waals surface area contributed by atoms with E-state index < -0.39 is 0 Å². The molecule has 3 nitrogen and oxygen atoms in total. The van der Waals surface area contributed by atoms with Gasteiger partial charge in [-0.15, -0.1) is 0 Å². The summed E-state index contributed by atoms with van der Waals surface area (Å²) >= 11 is 0. The number of β-lactam (4-membered cyclic amide) rings is 1. The molecule has 0 spiro atoms.